The summed E-state index contributed by atoms with van der Waals surface area (Å²) >= 11 is 0. The Morgan fingerprint density at radius 2 is 2.12 bits per heavy atom. The Balaban J connectivity index is 2.07. The first-order valence-electron chi connectivity index (χ1n) is 5.92. The number of hydrogen-bond donors (Lipinski definition) is 0. The Kier molecular flexibility index (Phi) is 3.65. The van der Waals surface area contributed by atoms with Crippen molar-refractivity contribution in [2.24, 2.45) is 5.92 Å². The summed E-state index contributed by atoms with van der Waals surface area (Å²) in [5.41, 5.74) is 2.75. The third kappa shape index (κ3) is 2.78. The second-order valence-corrected chi connectivity index (χ2v) is 4.59. The highest BCUT2D eigenvalue weighted by Crippen LogP contribution is 2.26. The first-order valence-corrected chi connectivity index (χ1v) is 5.92. The van der Waals surface area contributed by atoms with E-state index in [-0.39, 0.29) is 0 Å². The highest BCUT2D eigenvalue weighted by Gasteiger charge is 2.17. The predicted molar refractivity (Wildman–Crippen MR) is 65.1 cm³/mol. The molecule has 0 bridgehead atoms. The quantitative estimate of drug-likeness (QED) is 0.803. The maximum Gasteiger partial charge on any atom is 0.125 e. The van der Waals surface area contributed by atoms with Gasteiger partial charge in [0.2, 0.25) is 0 Å². The van der Waals surface area contributed by atoms with Crippen LogP contribution < -0.4 is 4.74 Å². The van der Waals surface area contributed by atoms with Gasteiger partial charge in [-0.1, -0.05) is 0 Å². The zero-order chi connectivity index (χ0) is 12.3. The van der Waals surface area contributed by atoms with E-state index in [9.17, 15) is 0 Å². The molecular weight excluding hydrogens is 214 g/mol. The van der Waals surface area contributed by atoms with Crippen LogP contribution in [0.1, 0.15) is 23.1 Å². The Morgan fingerprint density at radius 1 is 1.41 bits per heavy atom. The van der Waals surface area contributed by atoms with Crippen LogP contribution in [-0.2, 0) is 4.74 Å². The molecule has 1 saturated heterocycles. The lowest BCUT2D eigenvalue weighted by atomic mass is 10.1. The molecule has 1 aliphatic rings. The van der Waals surface area contributed by atoms with Crippen molar-refractivity contribution in [2.45, 2.75) is 20.3 Å². The minimum absolute atomic E-state index is 0.504. The van der Waals surface area contributed by atoms with E-state index in [4.69, 9.17) is 14.7 Å². The number of rotatable bonds is 3. The van der Waals surface area contributed by atoms with Gasteiger partial charge in [-0.3, -0.25) is 0 Å². The van der Waals surface area contributed by atoms with Crippen LogP contribution in [0.15, 0.2) is 12.1 Å². The molecular formula is C14H17NO2. The van der Waals surface area contributed by atoms with Crippen LogP contribution in [0.4, 0.5) is 0 Å². The molecule has 1 unspecified atom stereocenters. The van der Waals surface area contributed by atoms with Crippen LogP contribution in [-0.4, -0.2) is 19.8 Å². The van der Waals surface area contributed by atoms with Crippen LogP contribution in [0, 0.1) is 31.1 Å². The van der Waals surface area contributed by atoms with Gasteiger partial charge in [0.1, 0.15) is 5.75 Å². The molecule has 1 fully saturated rings. The molecule has 0 saturated carbocycles. The summed E-state index contributed by atoms with van der Waals surface area (Å²) in [6.07, 6.45) is 1.08. The molecule has 3 nitrogen and oxygen atoms in total. The Bertz CT molecular complexity index is 419. The number of benzene rings is 1. The van der Waals surface area contributed by atoms with Crippen molar-refractivity contribution in [1.82, 2.24) is 0 Å². The fourth-order valence-electron chi connectivity index (χ4n) is 2.16. The SMILES string of the molecule is Cc1cc(C#N)cc(C)c1OCC1CCOC1. The topological polar surface area (TPSA) is 42.2 Å². The molecule has 0 amide bonds. The fraction of sp³-hybridized carbons (Fsp3) is 0.500. The summed E-state index contributed by atoms with van der Waals surface area (Å²) in [5, 5.41) is 8.87. The van der Waals surface area contributed by atoms with Gasteiger partial charge >= 0.3 is 0 Å². The summed E-state index contributed by atoms with van der Waals surface area (Å²) in [6.45, 7) is 6.31. The van der Waals surface area contributed by atoms with E-state index in [0.717, 1.165) is 36.5 Å². The molecule has 1 aliphatic heterocycles. The number of hydrogen-bond acceptors (Lipinski definition) is 3. The Labute approximate surface area is 102 Å². The van der Waals surface area contributed by atoms with E-state index in [2.05, 4.69) is 6.07 Å². The second kappa shape index (κ2) is 5.20. The summed E-state index contributed by atoms with van der Waals surface area (Å²) in [6, 6.07) is 5.89. The van der Waals surface area contributed by atoms with E-state index in [1.54, 1.807) is 0 Å². The molecule has 90 valence electrons. The van der Waals surface area contributed by atoms with E-state index < -0.39 is 0 Å². The lowest BCUT2D eigenvalue weighted by Gasteiger charge is -2.15. The van der Waals surface area contributed by atoms with Gasteiger partial charge in [0.15, 0.2) is 0 Å². The minimum Gasteiger partial charge on any atom is -0.493 e. The molecule has 0 aliphatic carbocycles. The first-order chi connectivity index (χ1) is 8.20. The van der Waals surface area contributed by atoms with E-state index in [1.165, 1.54) is 0 Å². The Hall–Kier alpha value is -1.53. The van der Waals surface area contributed by atoms with Crippen molar-refractivity contribution in [2.75, 3.05) is 19.8 Å². The molecule has 2 rings (SSSR count). The standard InChI is InChI=1S/C14H17NO2/c1-10-5-13(7-15)6-11(2)14(10)17-9-12-3-4-16-8-12/h5-6,12H,3-4,8-9H2,1-2H3. The summed E-state index contributed by atoms with van der Waals surface area (Å²) < 4.78 is 11.2. The monoisotopic (exact) mass is 231 g/mol. The Morgan fingerprint density at radius 3 is 2.65 bits per heavy atom. The third-order valence-corrected chi connectivity index (χ3v) is 3.08. The number of ether oxygens (including phenoxy) is 2. The van der Waals surface area contributed by atoms with Crippen LogP contribution in [0.5, 0.6) is 5.75 Å². The van der Waals surface area contributed by atoms with E-state index in [1.807, 2.05) is 26.0 Å². The van der Waals surface area contributed by atoms with Gasteiger partial charge in [0.25, 0.3) is 0 Å². The fourth-order valence-corrected chi connectivity index (χ4v) is 2.16. The molecule has 3 heteroatoms. The van der Waals surface area contributed by atoms with Gasteiger partial charge < -0.3 is 9.47 Å². The normalized spacial score (nSPS) is 19.0. The molecule has 0 spiro atoms. The zero-order valence-electron chi connectivity index (χ0n) is 10.3. The van der Waals surface area contributed by atoms with Gasteiger partial charge in [0, 0.05) is 12.5 Å². The van der Waals surface area contributed by atoms with Gasteiger partial charge in [-0.15, -0.1) is 0 Å². The summed E-state index contributed by atoms with van der Waals surface area (Å²) in [5.74, 6) is 1.42. The maximum atomic E-state index is 8.87. The predicted octanol–water partition coefficient (Wildman–Crippen LogP) is 2.59. The van der Waals surface area contributed by atoms with Gasteiger partial charge in [-0.25, -0.2) is 0 Å². The van der Waals surface area contributed by atoms with Crippen LogP contribution >= 0.6 is 0 Å². The second-order valence-electron chi connectivity index (χ2n) is 4.59. The average Bonchev–Trinajstić information content (AvgIpc) is 2.80. The van der Waals surface area contributed by atoms with Crippen molar-refractivity contribution in [3.63, 3.8) is 0 Å². The van der Waals surface area contributed by atoms with Gasteiger partial charge in [-0.2, -0.15) is 5.26 Å². The van der Waals surface area contributed by atoms with Gasteiger partial charge in [0.05, 0.1) is 24.8 Å². The molecule has 1 heterocycles. The molecule has 0 radical (unpaired) electrons. The maximum absolute atomic E-state index is 8.87. The van der Waals surface area contributed by atoms with Gasteiger partial charge in [-0.05, 0) is 43.5 Å². The summed E-state index contributed by atoms with van der Waals surface area (Å²) in [4.78, 5) is 0. The lowest BCUT2D eigenvalue weighted by Crippen LogP contribution is -2.12. The molecule has 0 aromatic heterocycles. The first kappa shape index (κ1) is 11.9. The zero-order valence-corrected chi connectivity index (χ0v) is 10.3. The minimum atomic E-state index is 0.504. The molecule has 1 atom stereocenters. The number of nitriles is 1. The third-order valence-electron chi connectivity index (χ3n) is 3.08. The van der Waals surface area contributed by atoms with Crippen molar-refractivity contribution < 1.29 is 9.47 Å². The molecule has 1 aromatic rings. The number of nitrogens with zero attached hydrogens (tertiary/aromatic N) is 1. The van der Waals surface area contributed by atoms with Crippen molar-refractivity contribution in [1.29, 1.82) is 5.26 Å². The van der Waals surface area contributed by atoms with Crippen molar-refractivity contribution >= 4 is 0 Å². The van der Waals surface area contributed by atoms with Crippen molar-refractivity contribution in [3.8, 4) is 11.8 Å². The van der Waals surface area contributed by atoms with Crippen LogP contribution in [0.2, 0.25) is 0 Å². The van der Waals surface area contributed by atoms with Crippen LogP contribution in [0.3, 0.4) is 0 Å². The highest BCUT2D eigenvalue weighted by atomic mass is 16.5. The van der Waals surface area contributed by atoms with Crippen LogP contribution in [0.25, 0.3) is 0 Å². The van der Waals surface area contributed by atoms with E-state index >= 15 is 0 Å². The molecule has 17 heavy (non-hydrogen) atoms. The van der Waals surface area contributed by atoms with E-state index in [0.29, 0.717) is 18.1 Å². The average molecular weight is 231 g/mol. The number of aryl methyl sites for hydroxylation is 2. The highest BCUT2D eigenvalue weighted by molar-refractivity contribution is 5.47. The largest absolute Gasteiger partial charge is 0.493 e. The summed E-state index contributed by atoms with van der Waals surface area (Å²) in [7, 11) is 0. The smallest absolute Gasteiger partial charge is 0.125 e. The molecule has 1 aromatic carbocycles. The lowest BCUT2D eigenvalue weighted by molar-refractivity contribution is 0.166. The van der Waals surface area contributed by atoms with Crippen molar-refractivity contribution in [3.05, 3.63) is 28.8 Å². The molecule has 0 N–H and O–H groups in total.